The molecule has 2 rings (SSSR count). The highest BCUT2D eigenvalue weighted by Gasteiger charge is 2.13. The van der Waals surface area contributed by atoms with Crippen LogP contribution in [0.15, 0.2) is 51.0 Å². The Morgan fingerprint density at radius 3 is 2.83 bits per heavy atom. The molecule has 0 amide bonds. The van der Waals surface area contributed by atoms with Crippen molar-refractivity contribution in [1.29, 1.82) is 0 Å². The number of sulfonamides is 1. The molecule has 23 heavy (non-hydrogen) atoms. The zero-order valence-corrected chi connectivity index (χ0v) is 14.5. The lowest BCUT2D eigenvalue weighted by atomic mass is 10.1. The number of hydrogen-bond acceptors (Lipinski definition) is 4. The first-order valence-electron chi connectivity index (χ1n) is 7.20. The van der Waals surface area contributed by atoms with E-state index < -0.39 is 10.0 Å². The molecule has 0 radical (unpaired) electrons. The van der Waals surface area contributed by atoms with Crippen LogP contribution in [-0.4, -0.2) is 27.5 Å². The quantitative estimate of drug-likeness (QED) is 0.403. The van der Waals surface area contributed by atoms with Crippen LogP contribution in [-0.2, 0) is 16.4 Å². The lowest BCUT2D eigenvalue weighted by Crippen LogP contribution is -2.28. The van der Waals surface area contributed by atoms with Gasteiger partial charge in [-0.25, -0.2) is 13.1 Å². The van der Waals surface area contributed by atoms with E-state index >= 15 is 0 Å². The van der Waals surface area contributed by atoms with Crippen LogP contribution in [0.3, 0.4) is 0 Å². The van der Waals surface area contributed by atoms with E-state index in [1.807, 2.05) is 24.3 Å². The highest BCUT2D eigenvalue weighted by molar-refractivity contribution is 7.91. The minimum atomic E-state index is -3.44. The first-order valence-corrected chi connectivity index (χ1v) is 9.56. The topological polar surface area (TPSA) is 96.6 Å². The van der Waals surface area contributed by atoms with Gasteiger partial charge in [-0.15, -0.1) is 11.3 Å². The molecular weight excluding hydrogens is 332 g/mol. The van der Waals surface area contributed by atoms with E-state index in [1.165, 1.54) is 16.9 Å². The van der Waals surface area contributed by atoms with Crippen LogP contribution in [0.25, 0.3) is 0 Å². The van der Waals surface area contributed by atoms with Gasteiger partial charge in [0.05, 0.1) is 6.54 Å². The Balaban J connectivity index is 1.83. The molecule has 1 heterocycles. The maximum atomic E-state index is 11.9. The second-order valence-corrected chi connectivity index (χ2v) is 7.72. The van der Waals surface area contributed by atoms with Crippen molar-refractivity contribution in [3.05, 3.63) is 47.3 Å². The number of rotatable bonds is 7. The molecule has 6 nitrogen and oxygen atoms in total. The Kier molecular flexibility index (Phi) is 6.14. The van der Waals surface area contributed by atoms with Gasteiger partial charge in [-0.1, -0.05) is 25.1 Å². The van der Waals surface area contributed by atoms with Crippen molar-refractivity contribution in [2.75, 3.05) is 18.4 Å². The lowest BCUT2D eigenvalue weighted by molar-refractivity contribution is 0.584. The number of aliphatic imine (C=N–C) groups is 1. The summed E-state index contributed by atoms with van der Waals surface area (Å²) in [5.41, 5.74) is 7.87. The third kappa shape index (κ3) is 5.34. The Morgan fingerprint density at radius 1 is 1.30 bits per heavy atom. The smallest absolute Gasteiger partial charge is 0.250 e. The average Bonchev–Trinajstić information content (AvgIpc) is 3.07. The monoisotopic (exact) mass is 352 g/mol. The van der Waals surface area contributed by atoms with Gasteiger partial charge < -0.3 is 11.1 Å². The predicted molar refractivity (Wildman–Crippen MR) is 95.4 cm³/mol. The molecule has 2 aromatic rings. The summed E-state index contributed by atoms with van der Waals surface area (Å²) in [6, 6.07) is 11.2. The summed E-state index contributed by atoms with van der Waals surface area (Å²) >= 11 is 1.18. The zero-order chi connectivity index (χ0) is 16.7. The molecule has 0 saturated heterocycles. The van der Waals surface area contributed by atoms with Crippen LogP contribution >= 0.6 is 11.3 Å². The number of nitrogens with one attached hydrogen (secondary N) is 2. The second-order valence-electron chi connectivity index (χ2n) is 4.78. The summed E-state index contributed by atoms with van der Waals surface area (Å²) in [4.78, 5) is 4.12. The van der Waals surface area contributed by atoms with Crippen LogP contribution in [0.5, 0.6) is 0 Å². The van der Waals surface area contributed by atoms with Crippen LogP contribution in [0.1, 0.15) is 12.5 Å². The fourth-order valence-electron chi connectivity index (χ4n) is 1.90. The van der Waals surface area contributed by atoms with Crippen molar-refractivity contribution in [3.63, 3.8) is 0 Å². The number of benzene rings is 1. The van der Waals surface area contributed by atoms with Crippen molar-refractivity contribution in [1.82, 2.24) is 4.72 Å². The van der Waals surface area contributed by atoms with Gasteiger partial charge in [0, 0.05) is 12.2 Å². The summed E-state index contributed by atoms with van der Waals surface area (Å²) < 4.78 is 26.6. The summed E-state index contributed by atoms with van der Waals surface area (Å²) in [7, 11) is -3.44. The first-order chi connectivity index (χ1) is 11.0. The minimum absolute atomic E-state index is 0.192. The molecule has 1 aromatic heterocycles. The summed E-state index contributed by atoms with van der Waals surface area (Å²) in [6.45, 7) is 2.53. The third-order valence-corrected chi connectivity index (χ3v) is 5.91. The Morgan fingerprint density at radius 2 is 2.13 bits per heavy atom. The SMILES string of the molecule is CCc1cccc(NC(N)=NCCNS(=O)(=O)c2cccs2)c1. The maximum Gasteiger partial charge on any atom is 0.250 e. The molecule has 0 spiro atoms. The van der Waals surface area contributed by atoms with Crippen LogP contribution in [0, 0.1) is 0 Å². The van der Waals surface area contributed by atoms with Crippen LogP contribution in [0.2, 0.25) is 0 Å². The fourth-order valence-corrected chi connectivity index (χ4v) is 3.96. The second kappa shape index (κ2) is 8.09. The van der Waals surface area contributed by atoms with Gasteiger partial charge in [0.1, 0.15) is 4.21 Å². The molecule has 0 bridgehead atoms. The highest BCUT2D eigenvalue weighted by Crippen LogP contribution is 2.14. The van der Waals surface area contributed by atoms with Crippen molar-refractivity contribution >= 4 is 33.0 Å². The van der Waals surface area contributed by atoms with Gasteiger partial charge in [-0.2, -0.15) is 0 Å². The van der Waals surface area contributed by atoms with Crippen molar-refractivity contribution in [2.45, 2.75) is 17.6 Å². The van der Waals surface area contributed by atoms with E-state index in [1.54, 1.807) is 17.5 Å². The Hall–Kier alpha value is -1.90. The summed E-state index contributed by atoms with van der Waals surface area (Å²) in [6.07, 6.45) is 0.942. The molecule has 8 heteroatoms. The summed E-state index contributed by atoms with van der Waals surface area (Å²) in [5, 5.41) is 4.72. The molecule has 0 aliphatic carbocycles. The first kappa shape index (κ1) is 17.5. The van der Waals surface area contributed by atoms with E-state index in [0.717, 1.165) is 12.1 Å². The molecule has 0 aliphatic rings. The number of aryl methyl sites for hydroxylation is 1. The number of thiophene rings is 1. The van der Waals surface area contributed by atoms with Gasteiger partial charge in [0.15, 0.2) is 5.96 Å². The molecular formula is C15H20N4O2S2. The predicted octanol–water partition coefficient (Wildman–Crippen LogP) is 2.02. The van der Waals surface area contributed by atoms with E-state index in [4.69, 9.17) is 5.73 Å². The van der Waals surface area contributed by atoms with Gasteiger partial charge >= 0.3 is 0 Å². The fraction of sp³-hybridized carbons (Fsp3) is 0.267. The summed E-state index contributed by atoms with van der Waals surface area (Å²) in [5.74, 6) is 0.258. The number of hydrogen-bond donors (Lipinski definition) is 3. The van der Waals surface area contributed by atoms with Crippen molar-refractivity contribution in [3.8, 4) is 0 Å². The van der Waals surface area contributed by atoms with Gasteiger partial charge in [0.25, 0.3) is 0 Å². The highest BCUT2D eigenvalue weighted by atomic mass is 32.2. The number of nitrogens with two attached hydrogens (primary N) is 1. The molecule has 0 fully saturated rings. The van der Waals surface area contributed by atoms with Gasteiger partial charge in [-0.3, -0.25) is 4.99 Å². The molecule has 0 saturated carbocycles. The van der Waals surface area contributed by atoms with E-state index in [-0.39, 0.29) is 19.0 Å². The standard InChI is InChI=1S/C15H20N4O2S2/c1-2-12-5-3-6-13(11-12)19-15(16)17-8-9-18-23(20,21)14-7-4-10-22-14/h3-7,10-11,18H,2,8-9H2,1H3,(H3,16,17,19). The Bertz CT molecular complexity index is 756. The van der Waals surface area contributed by atoms with Gasteiger partial charge in [0.2, 0.25) is 10.0 Å². The molecule has 124 valence electrons. The van der Waals surface area contributed by atoms with Gasteiger partial charge in [-0.05, 0) is 35.6 Å². The van der Waals surface area contributed by atoms with Crippen molar-refractivity contribution < 1.29 is 8.42 Å². The average molecular weight is 352 g/mol. The normalized spacial score (nSPS) is 12.3. The van der Waals surface area contributed by atoms with E-state index in [0.29, 0.717) is 4.21 Å². The molecule has 1 aromatic carbocycles. The number of anilines is 1. The van der Waals surface area contributed by atoms with E-state index in [2.05, 4.69) is 22.0 Å². The maximum absolute atomic E-state index is 11.9. The molecule has 0 atom stereocenters. The lowest BCUT2D eigenvalue weighted by Gasteiger charge is -2.07. The molecule has 0 aliphatic heterocycles. The number of guanidine groups is 1. The Labute approximate surface area is 140 Å². The molecule has 4 N–H and O–H groups in total. The molecule has 0 unspecified atom stereocenters. The van der Waals surface area contributed by atoms with E-state index in [9.17, 15) is 8.42 Å². The van der Waals surface area contributed by atoms with Crippen LogP contribution < -0.4 is 15.8 Å². The number of nitrogens with zero attached hydrogens (tertiary/aromatic N) is 1. The van der Waals surface area contributed by atoms with Crippen molar-refractivity contribution in [2.24, 2.45) is 10.7 Å². The largest absolute Gasteiger partial charge is 0.370 e. The third-order valence-electron chi connectivity index (χ3n) is 3.05. The minimum Gasteiger partial charge on any atom is -0.370 e. The van der Waals surface area contributed by atoms with Crippen LogP contribution in [0.4, 0.5) is 5.69 Å². The zero-order valence-electron chi connectivity index (χ0n) is 12.8.